The van der Waals surface area contributed by atoms with Gasteiger partial charge < -0.3 is 4.74 Å². The molecule has 1 fully saturated rings. The van der Waals surface area contributed by atoms with Gasteiger partial charge >= 0.3 is 6.03 Å². The largest absolute Gasteiger partial charge is 0.489 e. The van der Waals surface area contributed by atoms with E-state index >= 15 is 0 Å². The van der Waals surface area contributed by atoms with E-state index in [1.807, 2.05) is 31.2 Å². The lowest BCUT2D eigenvalue weighted by Gasteiger charge is -2.26. The topological polar surface area (TPSA) is 75.7 Å². The Morgan fingerprint density at radius 2 is 1.69 bits per heavy atom. The predicted octanol–water partition coefficient (Wildman–Crippen LogP) is 4.38. The van der Waals surface area contributed by atoms with Crippen LogP contribution in [0.2, 0.25) is 0 Å². The van der Waals surface area contributed by atoms with E-state index in [-0.39, 0.29) is 11.3 Å². The monoisotopic (exact) mass is 430 g/mol. The van der Waals surface area contributed by atoms with Crippen molar-refractivity contribution >= 4 is 29.6 Å². The average molecular weight is 430 g/mol. The van der Waals surface area contributed by atoms with Crippen LogP contribution in [0.15, 0.2) is 78.4 Å². The molecule has 1 aliphatic rings. The predicted molar refractivity (Wildman–Crippen MR) is 117 cm³/mol. The number of hydrogen-bond acceptors (Lipinski definition) is 4. The maximum Gasteiger partial charge on any atom is 0.335 e. The van der Waals surface area contributed by atoms with Gasteiger partial charge in [0.05, 0.1) is 5.69 Å². The first-order valence-corrected chi connectivity index (χ1v) is 9.86. The van der Waals surface area contributed by atoms with Gasteiger partial charge in [-0.25, -0.2) is 14.1 Å². The number of rotatable bonds is 5. The fourth-order valence-electron chi connectivity index (χ4n) is 3.28. The van der Waals surface area contributed by atoms with E-state index in [4.69, 9.17) is 4.74 Å². The summed E-state index contributed by atoms with van der Waals surface area (Å²) in [6.45, 7) is 2.43. The van der Waals surface area contributed by atoms with Gasteiger partial charge in [-0.05, 0) is 60.5 Å². The molecule has 4 rings (SSSR count). The molecule has 0 radical (unpaired) electrons. The molecule has 1 aliphatic heterocycles. The minimum atomic E-state index is -0.886. The van der Waals surface area contributed by atoms with Crippen LogP contribution in [0.1, 0.15) is 16.7 Å². The Balaban J connectivity index is 1.51. The molecule has 0 aromatic heterocycles. The normalized spacial score (nSPS) is 15.1. The molecule has 160 valence electrons. The molecular formula is C25H19FN2O4. The van der Waals surface area contributed by atoms with E-state index in [1.54, 1.807) is 24.3 Å². The van der Waals surface area contributed by atoms with Crippen LogP contribution in [-0.2, 0) is 16.2 Å². The van der Waals surface area contributed by atoms with Crippen LogP contribution in [0.5, 0.6) is 5.75 Å². The molecule has 1 N–H and O–H groups in total. The van der Waals surface area contributed by atoms with E-state index in [9.17, 15) is 18.8 Å². The molecule has 0 atom stereocenters. The molecule has 0 saturated carbocycles. The van der Waals surface area contributed by atoms with Crippen LogP contribution in [0.3, 0.4) is 0 Å². The molecule has 32 heavy (non-hydrogen) atoms. The summed E-state index contributed by atoms with van der Waals surface area (Å²) in [6, 6.07) is 18.8. The minimum absolute atomic E-state index is 0.159. The van der Waals surface area contributed by atoms with E-state index in [0.29, 0.717) is 17.9 Å². The molecule has 3 aromatic carbocycles. The third-order valence-electron chi connectivity index (χ3n) is 4.87. The summed E-state index contributed by atoms with van der Waals surface area (Å²) in [7, 11) is 0. The first-order valence-electron chi connectivity index (χ1n) is 9.86. The van der Waals surface area contributed by atoms with Crippen molar-refractivity contribution in [3.8, 4) is 5.75 Å². The summed E-state index contributed by atoms with van der Waals surface area (Å²) in [6.07, 6.45) is 1.39. The van der Waals surface area contributed by atoms with Gasteiger partial charge in [-0.2, -0.15) is 0 Å². The lowest BCUT2D eigenvalue weighted by atomic mass is 10.1. The zero-order valence-electron chi connectivity index (χ0n) is 17.2. The Bertz CT molecular complexity index is 1220. The summed E-state index contributed by atoms with van der Waals surface area (Å²) in [4.78, 5) is 38.1. The summed E-state index contributed by atoms with van der Waals surface area (Å²) >= 11 is 0. The minimum Gasteiger partial charge on any atom is -0.489 e. The Labute approximate surface area is 183 Å². The third-order valence-corrected chi connectivity index (χ3v) is 4.87. The number of urea groups is 1. The van der Waals surface area contributed by atoms with Crippen molar-refractivity contribution < 1.29 is 23.5 Å². The molecular weight excluding hydrogens is 411 g/mol. The van der Waals surface area contributed by atoms with Crippen LogP contribution in [0.4, 0.5) is 14.9 Å². The first kappa shape index (κ1) is 21.0. The highest BCUT2D eigenvalue weighted by Gasteiger charge is 2.36. The summed E-state index contributed by atoms with van der Waals surface area (Å²) in [5.41, 5.74) is 2.73. The first-order chi connectivity index (χ1) is 15.4. The van der Waals surface area contributed by atoms with Gasteiger partial charge in [-0.15, -0.1) is 0 Å². The number of benzene rings is 3. The highest BCUT2D eigenvalue weighted by atomic mass is 19.1. The second-order valence-electron chi connectivity index (χ2n) is 7.28. The number of carbonyl (C=O) groups excluding carboxylic acids is 3. The lowest BCUT2D eigenvalue weighted by molar-refractivity contribution is -0.122. The fourth-order valence-corrected chi connectivity index (χ4v) is 3.28. The van der Waals surface area contributed by atoms with Crippen LogP contribution in [0.25, 0.3) is 6.08 Å². The van der Waals surface area contributed by atoms with Crippen molar-refractivity contribution in [3.05, 3.63) is 101 Å². The highest BCUT2D eigenvalue weighted by Crippen LogP contribution is 2.23. The molecule has 0 bridgehead atoms. The van der Waals surface area contributed by atoms with Crippen molar-refractivity contribution in [2.24, 2.45) is 0 Å². The Morgan fingerprint density at radius 3 is 2.38 bits per heavy atom. The Hall–Kier alpha value is -4.26. The number of nitrogens with zero attached hydrogens (tertiary/aromatic N) is 1. The number of imide groups is 2. The SMILES string of the molecule is Cc1cccc(COc2ccc(/C=C3\C(=O)NC(=O)N(c4ccc(F)cc4)C3=O)cc2)c1. The maximum atomic E-state index is 13.2. The van der Waals surface area contributed by atoms with Crippen molar-refractivity contribution in [2.45, 2.75) is 13.5 Å². The van der Waals surface area contributed by atoms with Crippen molar-refractivity contribution in [2.75, 3.05) is 4.90 Å². The van der Waals surface area contributed by atoms with Crippen molar-refractivity contribution in [1.82, 2.24) is 5.32 Å². The van der Waals surface area contributed by atoms with Gasteiger partial charge in [-0.3, -0.25) is 14.9 Å². The quantitative estimate of drug-likeness (QED) is 0.482. The summed E-state index contributed by atoms with van der Waals surface area (Å²) in [5.74, 6) is -1.45. The number of anilines is 1. The highest BCUT2D eigenvalue weighted by molar-refractivity contribution is 6.39. The number of barbiturate groups is 1. The number of hydrogen-bond donors (Lipinski definition) is 1. The molecule has 1 heterocycles. The number of amides is 4. The van der Waals surface area contributed by atoms with Crippen molar-refractivity contribution in [1.29, 1.82) is 0 Å². The number of nitrogens with one attached hydrogen (secondary N) is 1. The van der Waals surface area contributed by atoms with Crippen LogP contribution in [0, 0.1) is 12.7 Å². The third kappa shape index (κ3) is 4.57. The Morgan fingerprint density at radius 1 is 0.969 bits per heavy atom. The van der Waals surface area contributed by atoms with Gasteiger partial charge in [0.1, 0.15) is 23.7 Å². The van der Waals surface area contributed by atoms with Crippen LogP contribution in [-0.4, -0.2) is 17.8 Å². The molecule has 1 saturated heterocycles. The lowest BCUT2D eigenvalue weighted by Crippen LogP contribution is -2.54. The number of ether oxygens (including phenoxy) is 1. The molecule has 7 heteroatoms. The van der Waals surface area contributed by atoms with Crippen molar-refractivity contribution in [3.63, 3.8) is 0 Å². The molecule has 0 unspecified atom stereocenters. The smallest absolute Gasteiger partial charge is 0.335 e. The second kappa shape index (κ2) is 8.85. The fraction of sp³-hybridized carbons (Fsp3) is 0.0800. The van der Waals surface area contributed by atoms with Crippen LogP contribution < -0.4 is 15.0 Å². The maximum absolute atomic E-state index is 13.2. The van der Waals surface area contributed by atoms with Gasteiger partial charge in [0.2, 0.25) is 0 Å². The standard InChI is InChI=1S/C25H19FN2O4/c1-16-3-2-4-18(13-16)15-32-21-11-5-17(6-12-21)14-22-23(29)27-25(31)28(24(22)30)20-9-7-19(26)8-10-20/h2-14H,15H2,1H3,(H,27,29,31)/b22-14+. The molecule has 4 amide bonds. The van der Waals surface area contributed by atoms with E-state index in [0.717, 1.165) is 28.2 Å². The molecule has 6 nitrogen and oxygen atoms in total. The number of aryl methyl sites for hydroxylation is 1. The van der Waals surface area contributed by atoms with E-state index in [2.05, 4.69) is 5.32 Å². The van der Waals surface area contributed by atoms with Gasteiger partial charge in [0.15, 0.2) is 0 Å². The van der Waals surface area contributed by atoms with Crippen LogP contribution >= 0.6 is 0 Å². The molecule has 3 aromatic rings. The summed E-state index contributed by atoms with van der Waals surface area (Å²) < 4.78 is 19.0. The Kier molecular flexibility index (Phi) is 5.81. The zero-order valence-corrected chi connectivity index (χ0v) is 17.2. The number of carbonyl (C=O) groups is 3. The van der Waals surface area contributed by atoms with E-state index < -0.39 is 23.7 Å². The average Bonchev–Trinajstić information content (AvgIpc) is 2.77. The molecule has 0 aliphatic carbocycles. The summed E-state index contributed by atoms with van der Waals surface area (Å²) in [5, 5.41) is 2.14. The van der Waals surface area contributed by atoms with E-state index in [1.165, 1.54) is 18.2 Å². The second-order valence-corrected chi connectivity index (χ2v) is 7.28. The molecule has 0 spiro atoms. The van der Waals surface area contributed by atoms with Gasteiger partial charge in [0.25, 0.3) is 11.8 Å². The van der Waals surface area contributed by atoms with Gasteiger partial charge in [-0.1, -0.05) is 42.0 Å². The zero-order chi connectivity index (χ0) is 22.7. The van der Waals surface area contributed by atoms with Gasteiger partial charge in [0, 0.05) is 0 Å². The number of halogens is 1.